The molecule has 3 aromatic rings. The van der Waals surface area contributed by atoms with Gasteiger partial charge in [-0.25, -0.2) is 4.98 Å². The van der Waals surface area contributed by atoms with Crippen LogP contribution in [0.5, 0.6) is 5.75 Å². The van der Waals surface area contributed by atoms with Crippen molar-refractivity contribution in [3.63, 3.8) is 0 Å². The number of phenols is 1. The maximum Gasteiger partial charge on any atom is 0.234 e. The highest BCUT2D eigenvalue weighted by Gasteiger charge is 2.12. The Bertz CT molecular complexity index is 862. The molecule has 0 bridgehead atoms. The number of benzene rings is 2. The van der Waals surface area contributed by atoms with Crippen molar-refractivity contribution in [2.24, 2.45) is 0 Å². The number of imidazole rings is 1. The Labute approximate surface area is 150 Å². The van der Waals surface area contributed by atoms with Gasteiger partial charge in [-0.3, -0.25) is 4.79 Å². The van der Waals surface area contributed by atoms with Gasteiger partial charge in [0.25, 0.3) is 0 Å². The van der Waals surface area contributed by atoms with Crippen LogP contribution >= 0.6 is 11.8 Å². The van der Waals surface area contributed by atoms with Crippen molar-refractivity contribution < 1.29 is 9.90 Å². The molecule has 0 atom stereocenters. The largest absolute Gasteiger partial charge is 0.508 e. The molecule has 0 saturated carbocycles. The molecule has 6 heteroatoms. The number of rotatable bonds is 6. The number of nitrogens with one attached hydrogen (secondary N) is 1. The molecule has 0 unspecified atom stereocenters. The molecule has 1 amide bonds. The highest BCUT2D eigenvalue weighted by atomic mass is 32.2. The minimum atomic E-state index is -0.137. The van der Waals surface area contributed by atoms with Crippen LogP contribution < -0.4 is 5.32 Å². The van der Waals surface area contributed by atoms with Crippen LogP contribution in [0.3, 0.4) is 0 Å². The lowest BCUT2D eigenvalue weighted by Crippen LogP contribution is -2.14. The summed E-state index contributed by atoms with van der Waals surface area (Å²) in [6.45, 7) is 2.84. The summed E-state index contributed by atoms with van der Waals surface area (Å²) in [7, 11) is 0. The van der Waals surface area contributed by atoms with Gasteiger partial charge in [-0.15, -0.1) is 0 Å². The van der Waals surface area contributed by atoms with Gasteiger partial charge in [0.2, 0.25) is 5.91 Å². The van der Waals surface area contributed by atoms with E-state index in [4.69, 9.17) is 0 Å². The van der Waals surface area contributed by atoms with Crippen LogP contribution in [-0.4, -0.2) is 26.3 Å². The van der Waals surface area contributed by atoms with Crippen LogP contribution in [0.25, 0.3) is 11.3 Å². The van der Waals surface area contributed by atoms with Crippen molar-refractivity contribution in [1.82, 2.24) is 9.55 Å². The quantitative estimate of drug-likeness (QED) is 0.657. The lowest BCUT2D eigenvalue weighted by molar-refractivity contribution is -0.113. The van der Waals surface area contributed by atoms with Gasteiger partial charge >= 0.3 is 0 Å². The van der Waals surface area contributed by atoms with E-state index in [-0.39, 0.29) is 17.4 Å². The molecule has 1 aromatic heterocycles. The van der Waals surface area contributed by atoms with Gasteiger partial charge in [0.1, 0.15) is 5.75 Å². The van der Waals surface area contributed by atoms with Crippen molar-refractivity contribution >= 4 is 23.4 Å². The molecule has 0 fully saturated rings. The Kier molecular flexibility index (Phi) is 5.40. The standard InChI is InChI=1S/C19H19N3O2S/c1-2-22-17(14-7-4-3-5-8-14)12-20-19(22)25-13-18(24)21-15-9-6-10-16(23)11-15/h3-12,23H,2,13H2,1H3,(H,21,24). The first-order valence-electron chi connectivity index (χ1n) is 8.00. The number of hydrogen-bond donors (Lipinski definition) is 2. The van der Waals surface area contributed by atoms with Crippen LogP contribution in [0.1, 0.15) is 6.92 Å². The SMILES string of the molecule is CCn1c(-c2ccccc2)cnc1SCC(=O)Nc1cccc(O)c1. The lowest BCUT2D eigenvalue weighted by Gasteiger charge is -2.09. The molecule has 0 saturated heterocycles. The molecule has 2 N–H and O–H groups in total. The third-order valence-electron chi connectivity index (χ3n) is 3.67. The summed E-state index contributed by atoms with van der Waals surface area (Å²) in [4.78, 5) is 16.6. The number of phenolic OH excluding ortho intramolecular Hbond substituents is 1. The fourth-order valence-electron chi connectivity index (χ4n) is 2.53. The van der Waals surface area contributed by atoms with Gasteiger partial charge in [0, 0.05) is 18.3 Å². The first-order chi connectivity index (χ1) is 12.2. The number of aromatic hydroxyl groups is 1. The summed E-state index contributed by atoms with van der Waals surface area (Å²) in [5, 5.41) is 13.0. The molecular weight excluding hydrogens is 334 g/mol. The highest BCUT2D eigenvalue weighted by molar-refractivity contribution is 7.99. The Morgan fingerprint density at radius 2 is 2.00 bits per heavy atom. The molecule has 128 valence electrons. The fraction of sp³-hybridized carbons (Fsp3) is 0.158. The molecule has 0 aliphatic heterocycles. The van der Waals surface area contributed by atoms with Crippen molar-refractivity contribution in [2.75, 3.05) is 11.1 Å². The van der Waals surface area contributed by atoms with Gasteiger partial charge in [-0.2, -0.15) is 0 Å². The van der Waals surface area contributed by atoms with Gasteiger partial charge < -0.3 is 15.0 Å². The summed E-state index contributed by atoms with van der Waals surface area (Å²) in [6, 6.07) is 16.6. The molecule has 25 heavy (non-hydrogen) atoms. The van der Waals surface area contributed by atoms with E-state index in [9.17, 15) is 9.90 Å². The highest BCUT2D eigenvalue weighted by Crippen LogP contribution is 2.26. The van der Waals surface area contributed by atoms with Crippen molar-refractivity contribution in [1.29, 1.82) is 0 Å². The van der Waals surface area contributed by atoms with E-state index in [1.807, 2.05) is 36.5 Å². The number of thioether (sulfide) groups is 1. The van der Waals surface area contributed by atoms with Gasteiger partial charge in [0.05, 0.1) is 17.6 Å². The topological polar surface area (TPSA) is 67.2 Å². The average Bonchev–Trinajstić information content (AvgIpc) is 3.03. The third kappa shape index (κ3) is 4.22. The minimum absolute atomic E-state index is 0.125. The molecule has 5 nitrogen and oxygen atoms in total. The van der Waals surface area contributed by atoms with E-state index in [1.165, 1.54) is 17.8 Å². The maximum absolute atomic E-state index is 12.1. The number of carbonyl (C=O) groups excluding carboxylic acids is 1. The van der Waals surface area contributed by atoms with Crippen LogP contribution in [-0.2, 0) is 11.3 Å². The molecular formula is C19H19N3O2S. The average molecular weight is 353 g/mol. The number of hydrogen-bond acceptors (Lipinski definition) is 4. The minimum Gasteiger partial charge on any atom is -0.508 e. The lowest BCUT2D eigenvalue weighted by atomic mass is 10.2. The first-order valence-corrected chi connectivity index (χ1v) is 8.98. The molecule has 1 heterocycles. The fourth-order valence-corrected chi connectivity index (χ4v) is 3.37. The molecule has 0 aliphatic carbocycles. The van der Waals surface area contributed by atoms with Crippen LogP contribution in [0, 0.1) is 0 Å². The Morgan fingerprint density at radius 1 is 1.20 bits per heavy atom. The van der Waals surface area contributed by atoms with Crippen molar-refractivity contribution in [2.45, 2.75) is 18.6 Å². The predicted octanol–water partition coefficient (Wildman–Crippen LogP) is 4.01. The Hall–Kier alpha value is -2.73. The molecule has 0 spiro atoms. The first kappa shape index (κ1) is 17.1. The molecule has 3 rings (SSSR count). The summed E-state index contributed by atoms with van der Waals surface area (Å²) in [5.74, 6) is 0.239. The second-order valence-corrected chi connectivity index (χ2v) is 6.37. The maximum atomic E-state index is 12.1. The Morgan fingerprint density at radius 3 is 2.72 bits per heavy atom. The van der Waals surface area contributed by atoms with Gasteiger partial charge in [-0.1, -0.05) is 48.2 Å². The van der Waals surface area contributed by atoms with Crippen LogP contribution in [0.15, 0.2) is 66.0 Å². The summed E-state index contributed by atoms with van der Waals surface area (Å²) in [5.41, 5.74) is 2.72. The summed E-state index contributed by atoms with van der Waals surface area (Å²) >= 11 is 1.40. The van der Waals surface area contributed by atoms with Gasteiger partial charge in [0.15, 0.2) is 5.16 Å². The molecule has 2 aromatic carbocycles. The van der Waals surface area contributed by atoms with Gasteiger partial charge in [-0.05, 0) is 24.6 Å². The molecule has 0 radical (unpaired) electrons. The van der Waals surface area contributed by atoms with E-state index in [0.717, 1.165) is 23.0 Å². The second-order valence-electron chi connectivity index (χ2n) is 5.42. The van der Waals surface area contributed by atoms with E-state index in [1.54, 1.807) is 18.2 Å². The smallest absolute Gasteiger partial charge is 0.234 e. The zero-order valence-corrected chi connectivity index (χ0v) is 14.7. The monoisotopic (exact) mass is 353 g/mol. The number of anilines is 1. The van der Waals surface area contributed by atoms with Crippen LogP contribution in [0.4, 0.5) is 5.69 Å². The zero-order chi connectivity index (χ0) is 17.6. The number of aromatic nitrogens is 2. The Balaban J connectivity index is 1.67. The van der Waals surface area contributed by atoms with Crippen molar-refractivity contribution in [3.8, 4) is 17.0 Å². The predicted molar refractivity (Wildman–Crippen MR) is 101 cm³/mol. The third-order valence-corrected chi connectivity index (χ3v) is 4.66. The normalized spacial score (nSPS) is 10.6. The number of carbonyl (C=O) groups is 1. The summed E-state index contributed by atoms with van der Waals surface area (Å²) in [6.07, 6.45) is 1.84. The van der Waals surface area contributed by atoms with Crippen molar-refractivity contribution in [3.05, 3.63) is 60.8 Å². The van der Waals surface area contributed by atoms with E-state index >= 15 is 0 Å². The number of amides is 1. The van der Waals surface area contributed by atoms with E-state index in [2.05, 4.69) is 21.8 Å². The zero-order valence-electron chi connectivity index (χ0n) is 13.8. The van der Waals surface area contributed by atoms with Crippen LogP contribution in [0.2, 0.25) is 0 Å². The number of nitrogens with zero attached hydrogens (tertiary/aromatic N) is 2. The van der Waals surface area contributed by atoms with E-state index in [0.29, 0.717) is 5.69 Å². The van der Waals surface area contributed by atoms with E-state index < -0.39 is 0 Å². The molecule has 0 aliphatic rings. The summed E-state index contributed by atoms with van der Waals surface area (Å²) < 4.78 is 2.10. The second kappa shape index (κ2) is 7.90.